The van der Waals surface area contributed by atoms with E-state index in [4.69, 9.17) is 0 Å². The van der Waals surface area contributed by atoms with Gasteiger partial charge in [-0.25, -0.2) is 4.98 Å². The Hall–Kier alpha value is -0.740. The van der Waals surface area contributed by atoms with Crippen LogP contribution in [0.15, 0.2) is 6.20 Å². The van der Waals surface area contributed by atoms with Gasteiger partial charge >= 0.3 is 0 Å². The Balaban J connectivity index is 1.90. The molecule has 0 spiro atoms. The van der Waals surface area contributed by atoms with Crippen molar-refractivity contribution in [2.75, 3.05) is 20.1 Å². The molecule has 0 aliphatic carbocycles. The molecule has 0 bridgehead atoms. The van der Waals surface area contributed by atoms with Crippen LogP contribution in [0.25, 0.3) is 0 Å². The molecule has 1 atom stereocenters. The van der Waals surface area contributed by atoms with E-state index in [1.165, 1.54) is 24.5 Å². The summed E-state index contributed by atoms with van der Waals surface area (Å²) in [7, 11) is 2.17. The molecule has 1 aromatic rings. The van der Waals surface area contributed by atoms with Gasteiger partial charge in [-0.3, -0.25) is 0 Å². The number of nitrogens with zero attached hydrogens (tertiary/aromatic N) is 2. The number of rotatable bonds is 4. The predicted octanol–water partition coefficient (Wildman–Crippen LogP) is 1.38. The Morgan fingerprint density at radius 3 is 3.27 bits per heavy atom. The van der Waals surface area contributed by atoms with Gasteiger partial charge in [0.15, 0.2) is 0 Å². The molecule has 4 heteroatoms. The lowest BCUT2D eigenvalue weighted by Gasteiger charge is -2.07. The highest BCUT2D eigenvalue weighted by Crippen LogP contribution is 2.22. The molecule has 0 aromatic carbocycles. The normalized spacial score (nSPS) is 22.1. The highest BCUT2D eigenvalue weighted by atomic mass is 32.1. The summed E-state index contributed by atoms with van der Waals surface area (Å²) in [6, 6.07) is 0. The molecule has 1 saturated heterocycles. The Bertz CT molecular complexity index is 337. The van der Waals surface area contributed by atoms with Crippen LogP contribution >= 0.6 is 11.3 Å². The average Bonchev–Trinajstić information content (AvgIpc) is 2.78. The number of aromatic nitrogens is 1. The molecule has 1 aliphatic rings. The molecule has 0 N–H and O–H groups in total. The summed E-state index contributed by atoms with van der Waals surface area (Å²) >= 11 is 1.68. The molecule has 82 valence electrons. The Kier molecular flexibility index (Phi) is 3.49. The maximum absolute atomic E-state index is 10.3. The standard InChI is InChI=1S/C11H16N2OS/c1-13-4-2-9(8-13)6-11-12-7-10(15-11)3-5-14/h5,7,9H,2-4,6,8H2,1H3. The molecule has 0 amide bonds. The van der Waals surface area contributed by atoms with Crippen molar-refractivity contribution in [3.63, 3.8) is 0 Å². The molecule has 1 aromatic heterocycles. The molecule has 0 saturated carbocycles. The lowest BCUT2D eigenvalue weighted by atomic mass is 10.1. The summed E-state index contributed by atoms with van der Waals surface area (Å²) in [5, 5.41) is 1.19. The average molecular weight is 224 g/mol. The largest absolute Gasteiger partial charge is 0.306 e. The Morgan fingerprint density at radius 2 is 2.60 bits per heavy atom. The minimum absolute atomic E-state index is 0.516. The third-order valence-electron chi connectivity index (χ3n) is 2.84. The van der Waals surface area contributed by atoms with Crippen LogP contribution in [0.2, 0.25) is 0 Å². The van der Waals surface area contributed by atoms with E-state index in [1.807, 2.05) is 6.20 Å². The van der Waals surface area contributed by atoms with Crippen molar-refractivity contribution >= 4 is 17.6 Å². The summed E-state index contributed by atoms with van der Waals surface area (Å²) < 4.78 is 0. The van der Waals surface area contributed by atoms with Gasteiger partial charge in [-0.1, -0.05) is 0 Å². The number of carbonyl (C=O) groups excluding carboxylic acids is 1. The minimum atomic E-state index is 0.516. The predicted molar refractivity (Wildman–Crippen MR) is 61.2 cm³/mol. The SMILES string of the molecule is CN1CCC(Cc2ncc(CC=O)s2)C1. The third-order valence-corrected chi connectivity index (χ3v) is 3.88. The van der Waals surface area contributed by atoms with Gasteiger partial charge in [-0.15, -0.1) is 11.3 Å². The van der Waals surface area contributed by atoms with Crippen molar-refractivity contribution in [2.24, 2.45) is 5.92 Å². The van der Waals surface area contributed by atoms with E-state index < -0.39 is 0 Å². The highest BCUT2D eigenvalue weighted by molar-refractivity contribution is 7.11. The number of thiazole rings is 1. The van der Waals surface area contributed by atoms with E-state index in [1.54, 1.807) is 11.3 Å². The summed E-state index contributed by atoms with van der Waals surface area (Å²) in [5.41, 5.74) is 0. The first kappa shape index (κ1) is 10.8. The smallest absolute Gasteiger partial charge is 0.125 e. The lowest BCUT2D eigenvalue weighted by Crippen LogP contribution is -2.14. The molecule has 1 aliphatic heterocycles. The highest BCUT2D eigenvalue weighted by Gasteiger charge is 2.20. The summed E-state index contributed by atoms with van der Waals surface area (Å²) in [6.07, 6.45) is 5.66. The van der Waals surface area contributed by atoms with Crippen LogP contribution < -0.4 is 0 Å². The van der Waals surface area contributed by atoms with Crippen LogP contribution in [0.4, 0.5) is 0 Å². The third kappa shape index (κ3) is 2.86. The molecule has 15 heavy (non-hydrogen) atoms. The molecule has 1 unspecified atom stereocenters. The number of hydrogen-bond donors (Lipinski definition) is 0. The Morgan fingerprint density at radius 1 is 1.73 bits per heavy atom. The van der Waals surface area contributed by atoms with Crippen LogP contribution in [0.5, 0.6) is 0 Å². The van der Waals surface area contributed by atoms with Crippen LogP contribution in [-0.2, 0) is 17.6 Å². The van der Waals surface area contributed by atoms with E-state index in [-0.39, 0.29) is 0 Å². The fourth-order valence-corrected chi connectivity index (χ4v) is 3.04. The first-order valence-corrected chi connectivity index (χ1v) is 6.15. The van der Waals surface area contributed by atoms with Crippen molar-refractivity contribution in [3.8, 4) is 0 Å². The maximum Gasteiger partial charge on any atom is 0.125 e. The van der Waals surface area contributed by atoms with Gasteiger partial charge in [0.05, 0.1) is 5.01 Å². The fraction of sp³-hybridized carbons (Fsp3) is 0.636. The molecular formula is C11H16N2OS. The van der Waals surface area contributed by atoms with Gasteiger partial charge in [0.1, 0.15) is 6.29 Å². The molecule has 0 radical (unpaired) electrons. The van der Waals surface area contributed by atoms with E-state index >= 15 is 0 Å². The second-order valence-electron chi connectivity index (χ2n) is 4.21. The number of hydrogen-bond acceptors (Lipinski definition) is 4. The van der Waals surface area contributed by atoms with Gasteiger partial charge in [-0.05, 0) is 25.9 Å². The van der Waals surface area contributed by atoms with Crippen LogP contribution in [0, 0.1) is 5.92 Å². The van der Waals surface area contributed by atoms with Gasteiger partial charge in [-0.2, -0.15) is 0 Å². The summed E-state index contributed by atoms with van der Waals surface area (Å²) in [5.74, 6) is 0.755. The van der Waals surface area contributed by atoms with E-state index in [9.17, 15) is 4.79 Å². The first-order chi connectivity index (χ1) is 7.28. The molecule has 2 rings (SSSR count). The van der Waals surface area contributed by atoms with Crippen molar-refractivity contribution in [1.82, 2.24) is 9.88 Å². The Labute approximate surface area is 94.1 Å². The monoisotopic (exact) mass is 224 g/mol. The number of carbonyl (C=O) groups is 1. The van der Waals surface area contributed by atoms with Gasteiger partial charge in [0, 0.05) is 30.5 Å². The van der Waals surface area contributed by atoms with Crippen LogP contribution in [0.1, 0.15) is 16.3 Å². The molecular weight excluding hydrogens is 208 g/mol. The fourth-order valence-electron chi connectivity index (χ4n) is 2.06. The van der Waals surface area contributed by atoms with E-state index in [2.05, 4.69) is 16.9 Å². The van der Waals surface area contributed by atoms with Gasteiger partial charge in [0.2, 0.25) is 0 Å². The van der Waals surface area contributed by atoms with Crippen molar-refractivity contribution in [1.29, 1.82) is 0 Å². The molecule has 1 fully saturated rings. The van der Waals surface area contributed by atoms with Crippen molar-refractivity contribution < 1.29 is 4.79 Å². The molecule has 2 heterocycles. The quantitative estimate of drug-likeness (QED) is 0.724. The van der Waals surface area contributed by atoms with Gasteiger partial charge < -0.3 is 9.69 Å². The summed E-state index contributed by atoms with van der Waals surface area (Å²) in [6.45, 7) is 2.39. The van der Waals surface area contributed by atoms with E-state index in [0.29, 0.717) is 6.42 Å². The second kappa shape index (κ2) is 4.86. The lowest BCUT2D eigenvalue weighted by molar-refractivity contribution is -0.107. The first-order valence-electron chi connectivity index (χ1n) is 5.33. The second-order valence-corrected chi connectivity index (χ2v) is 5.41. The van der Waals surface area contributed by atoms with Crippen molar-refractivity contribution in [3.05, 3.63) is 16.1 Å². The topological polar surface area (TPSA) is 33.2 Å². The number of aldehydes is 1. The zero-order chi connectivity index (χ0) is 10.7. The van der Waals surface area contributed by atoms with Crippen LogP contribution in [0.3, 0.4) is 0 Å². The minimum Gasteiger partial charge on any atom is -0.306 e. The van der Waals surface area contributed by atoms with Crippen LogP contribution in [-0.4, -0.2) is 36.3 Å². The zero-order valence-corrected chi connectivity index (χ0v) is 9.80. The van der Waals surface area contributed by atoms with Crippen molar-refractivity contribution in [2.45, 2.75) is 19.3 Å². The van der Waals surface area contributed by atoms with E-state index in [0.717, 1.165) is 23.5 Å². The molecule has 3 nitrogen and oxygen atoms in total. The van der Waals surface area contributed by atoms with Gasteiger partial charge in [0.25, 0.3) is 0 Å². The zero-order valence-electron chi connectivity index (χ0n) is 8.98. The summed E-state index contributed by atoms with van der Waals surface area (Å²) in [4.78, 5) is 18.2. The number of likely N-dealkylation sites (tertiary alicyclic amines) is 1. The maximum atomic E-state index is 10.3.